The number of benzene rings is 2. The summed E-state index contributed by atoms with van der Waals surface area (Å²) >= 11 is 12.6. The zero-order chi connectivity index (χ0) is 23.1. The molecule has 1 saturated heterocycles. The molecule has 0 radical (unpaired) electrons. The van der Waals surface area contributed by atoms with Gasteiger partial charge >= 0.3 is 0 Å². The zero-order valence-corrected chi connectivity index (χ0v) is 21.4. The highest BCUT2D eigenvalue weighted by atomic mass is 79.9. The predicted molar refractivity (Wildman–Crippen MR) is 139 cm³/mol. The second-order valence-electron chi connectivity index (χ2n) is 7.76. The molecule has 1 fully saturated rings. The normalized spacial score (nSPS) is 17.9. The van der Waals surface area contributed by atoms with E-state index in [1.54, 1.807) is 24.4 Å². The molecule has 1 aliphatic rings. The van der Waals surface area contributed by atoms with Crippen LogP contribution < -0.4 is 10.2 Å². The molecule has 8 heteroatoms. The smallest absolute Gasteiger partial charge is 0.174 e. The van der Waals surface area contributed by atoms with Gasteiger partial charge in [0.1, 0.15) is 23.4 Å². The first-order chi connectivity index (χ1) is 15.9. The summed E-state index contributed by atoms with van der Waals surface area (Å²) in [5, 5.41) is 3.99. The summed E-state index contributed by atoms with van der Waals surface area (Å²) in [6, 6.07) is 19.9. The molecular formula is C25H18Br2FN3OS. The molecule has 33 heavy (non-hydrogen) atoms. The minimum atomic E-state index is -0.355. The summed E-state index contributed by atoms with van der Waals surface area (Å²) in [6.45, 7) is 2.03. The molecule has 0 bridgehead atoms. The molecule has 2 atom stereocenters. The molecule has 0 saturated carbocycles. The van der Waals surface area contributed by atoms with Gasteiger partial charge in [0.25, 0.3) is 0 Å². The quantitative estimate of drug-likeness (QED) is 0.251. The highest BCUT2D eigenvalue weighted by molar-refractivity contribution is 9.10. The van der Waals surface area contributed by atoms with E-state index < -0.39 is 0 Å². The maximum atomic E-state index is 14.6. The summed E-state index contributed by atoms with van der Waals surface area (Å²) in [7, 11) is 0. The van der Waals surface area contributed by atoms with Crippen LogP contribution in [-0.2, 0) is 0 Å². The molecule has 0 amide bonds. The highest BCUT2D eigenvalue weighted by Crippen LogP contribution is 2.43. The fraction of sp³-hybridized carbons (Fsp3) is 0.120. The van der Waals surface area contributed by atoms with Crippen LogP contribution in [0.1, 0.15) is 29.1 Å². The van der Waals surface area contributed by atoms with Crippen molar-refractivity contribution in [1.29, 1.82) is 0 Å². The van der Waals surface area contributed by atoms with E-state index in [2.05, 4.69) is 48.2 Å². The van der Waals surface area contributed by atoms with E-state index in [1.165, 1.54) is 6.07 Å². The number of furan rings is 1. The van der Waals surface area contributed by atoms with Gasteiger partial charge in [0, 0.05) is 20.8 Å². The second kappa shape index (κ2) is 9.00. The lowest BCUT2D eigenvalue weighted by Crippen LogP contribution is -2.29. The van der Waals surface area contributed by atoms with Gasteiger partial charge < -0.3 is 14.6 Å². The van der Waals surface area contributed by atoms with Crippen LogP contribution in [-0.4, -0.2) is 10.1 Å². The van der Waals surface area contributed by atoms with Crippen LogP contribution in [0.2, 0.25) is 0 Å². The van der Waals surface area contributed by atoms with Crippen molar-refractivity contribution < 1.29 is 8.81 Å². The maximum absolute atomic E-state index is 14.6. The summed E-state index contributed by atoms with van der Waals surface area (Å²) in [4.78, 5) is 6.59. The Morgan fingerprint density at radius 2 is 1.91 bits per heavy atom. The number of anilines is 1. The molecule has 166 valence electrons. The van der Waals surface area contributed by atoms with Crippen LogP contribution >= 0.6 is 44.1 Å². The Morgan fingerprint density at radius 3 is 2.64 bits per heavy atom. The average Bonchev–Trinajstić information content (AvgIpc) is 3.41. The Labute approximate surface area is 213 Å². The van der Waals surface area contributed by atoms with Gasteiger partial charge in [0.05, 0.1) is 17.3 Å². The molecule has 5 rings (SSSR count). The number of hydrogen-bond acceptors (Lipinski definition) is 3. The van der Waals surface area contributed by atoms with Gasteiger partial charge in [0.2, 0.25) is 0 Å². The van der Waals surface area contributed by atoms with Crippen molar-refractivity contribution in [3.05, 3.63) is 105 Å². The van der Waals surface area contributed by atoms with Crippen molar-refractivity contribution in [2.75, 3.05) is 4.90 Å². The summed E-state index contributed by atoms with van der Waals surface area (Å²) in [6.07, 6.45) is 1.76. The lowest BCUT2D eigenvalue weighted by Gasteiger charge is -2.26. The standard InChI is InChI=1S/C25H18Br2FN3OS/c1-14-12-16(6-8-18(14)27)31-24(23(30-25(31)33)20-4-2-3-11-29-20)22-10-9-21(32-22)17-7-5-15(26)13-19(17)28/h2-13,23-24H,1H3,(H,30,33)/t23-,24-/m1/s1. The monoisotopic (exact) mass is 585 g/mol. The Morgan fingerprint density at radius 1 is 1.06 bits per heavy atom. The first-order valence-electron chi connectivity index (χ1n) is 10.2. The second-order valence-corrected chi connectivity index (χ2v) is 9.91. The Kier molecular flexibility index (Phi) is 6.07. The zero-order valence-electron chi connectivity index (χ0n) is 17.4. The van der Waals surface area contributed by atoms with Crippen molar-refractivity contribution in [3.8, 4) is 11.3 Å². The van der Waals surface area contributed by atoms with Crippen molar-refractivity contribution in [2.45, 2.75) is 19.0 Å². The predicted octanol–water partition coefficient (Wildman–Crippen LogP) is 7.49. The van der Waals surface area contributed by atoms with Gasteiger partial charge in [-0.05, 0) is 85.4 Å². The van der Waals surface area contributed by atoms with E-state index in [4.69, 9.17) is 16.6 Å². The highest BCUT2D eigenvalue weighted by Gasteiger charge is 2.42. The largest absolute Gasteiger partial charge is 0.459 e. The number of aromatic nitrogens is 1. The summed E-state index contributed by atoms with van der Waals surface area (Å²) in [5.74, 6) is 0.766. The minimum Gasteiger partial charge on any atom is -0.459 e. The molecule has 2 aromatic heterocycles. The molecule has 3 heterocycles. The number of nitrogens with one attached hydrogen (secondary N) is 1. The van der Waals surface area contributed by atoms with E-state index in [0.717, 1.165) is 21.4 Å². The van der Waals surface area contributed by atoms with E-state index in [-0.39, 0.29) is 17.9 Å². The maximum Gasteiger partial charge on any atom is 0.174 e. The minimum absolute atomic E-state index is 0.239. The third kappa shape index (κ3) is 4.23. The van der Waals surface area contributed by atoms with Crippen molar-refractivity contribution in [1.82, 2.24) is 10.3 Å². The van der Waals surface area contributed by atoms with Gasteiger partial charge in [-0.2, -0.15) is 0 Å². The van der Waals surface area contributed by atoms with E-state index in [0.29, 0.717) is 26.7 Å². The van der Waals surface area contributed by atoms with Crippen molar-refractivity contribution >= 4 is 54.9 Å². The Hall–Kier alpha value is -2.55. The number of aryl methyl sites for hydroxylation is 1. The van der Waals surface area contributed by atoms with Crippen LogP contribution in [0, 0.1) is 12.7 Å². The third-order valence-electron chi connectivity index (χ3n) is 5.63. The van der Waals surface area contributed by atoms with E-state index in [1.807, 2.05) is 48.2 Å². The third-order valence-corrected chi connectivity index (χ3v) is 7.33. The van der Waals surface area contributed by atoms with E-state index in [9.17, 15) is 4.39 Å². The topological polar surface area (TPSA) is 41.3 Å². The lowest BCUT2D eigenvalue weighted by atomic mass is 10.0. The van der Waals surface area contributed by atoms with Crippen LogP contribution in [0.5, 0.6) is 0 Å². The fourth-order valence-electron chi connectivity index (χ4n) is 4.05. The molecule has 1 aliphatic heterocycles. The molecule has 0 aliphatic carbocycles. The van der Waals surface area contributed by atoms with Gasteiger partial charge in [0.15, 0.2) is 5.11 Å². The molecule has 0 spiro atoms. The number of nitrogens with zero attached hydrogens (tertiary/aromatic N) is 2. The number of thiocarbonyl (C=S) groups is 1. The molecule has 4 aromatic rings. The van der Waals surface area contributed by atoms with Gasteiger partial charge in [-0.15, -0.1) is 0 Å². The number of rotatable bonds is 4. The van der Waals surface area contributed by atoms with Crippen molar-refractivity contribution in [3.63, 3.8) is 0 Å². The number of hydrogen-bond donors (Lipinski definition) is 1. The average molecular weight is 587 g/mol. The van der Waals surface area contributed by atoms with Gasteiger partial charge in [-0.1, -0.05) is 37.9 Å². The fourth-order valence-corrected chi connectivity index (χ4v) is 4.97. The molecule has 4 nitrogen and oxygen atoms in total. The SMILES string of the molecule is Cc1cc(N2C(=S)N[C@H](c3ccccn3)[C@H]2c2ccc(-c3ccc(Br)cc3F)o2)ccc1Br. The van der Waals surface area contributed by atoms with Crippen LogP contribution in [0.25, 0.3) is 11.3 Å². The van der Waals surface area contributed by atoms with Crippen LogP contribution in [0.4, 0.5) is 10.1 Å². The molecule has 0 unspecified atom stereocenters. The van der Waals surface area contributed by atoms with Crippen molar-refractivity contribution in [2.24, 2.45) is 0 Å². The first-order valence-corrected chi connectivity index (χ1v) is 12.2. The Balaban J connectivity index is 1.61. The molecular weight excluding hydrogens is 569 g/mol. The van der Waals surface area contributed by atoms with Crippen LogP contribution in [0.3, 0.4) is 0 Å². The Bertz CT molecular complexity index is 1340. The summed E-state index contributed by atoms with van der Waals surface area (Å²) < 4.78 is 22.5. The molecule has 1 N–H and O–H groups in total. The van der Waals surface area contributed by atoms with Gasteiger partial charge in [-0.3, -0.25) is 4.98 Å². The summed E-state index contributed by atoms with van der Waals surface area (Å²) in [5.41, 5.74) is 3.27. The number of halogens is 3. The van der Waals surface area contributed by atoms with E-state index >= 15 is 0 Å². The van der Waals surface area contributed by atoms with Crippen LogP contribution in [0.15, 0.2) is 86.3 Å². The first kappa shape index (κ1) is 22.3. The lowest BCUT2D eigenvalue weighted by molar-refractivity contribution is 0.438. The number of pyridine rings is 1. The van der Waals surface area contributed by atoms with Gasteiger partial charge in [-0.25, -0.2) is 4.39 Å². The molecule has 2 aromatic carbocycles.